The second-order valence-electron chi connectivity index (χ2n) is 9.11. The van der Waals surface area contributed by atoms with Crippen LogP contribution in [0.15, 0.2) is 97.1 Å². The third-order valence-electron chi connectivity index (χ3n) is 6.59. The summed E-state index contributed by atoms with van der Waals surface area (Å²) in [5.74, 6) is 0. The van der Waals surface area contributed by atoms with Crippen LogP contribution in [0.4, 0.5) is 0 Å². The zero-order valence-electron chi connectivity index (χ0n) is 29.4. The van der Waals surface area contributed by atoms with Crippen LogP contribution in [0.1, 0.15) is 106 Å². The number of hydrogen-bond acceptors (Lipinski definition) is 1. The fourth-order valence-corrected chi connectivity index (χ4v) is 5.32. The highest BCUT2D eigenvalue weighted by atomic mass is 79.9. The minimum absolute atomic E-state index is 0.939. The SMILES string of the molecule is BrCc1ccccc1CBr.CC.CC.CC.CC.Cc1ccccc1C.c1ccc2c(c1)CCC2.c1ccc2c(c1)CNC2. The first kappa shape index (κ1) is 43.9. The molecule has 0 saturated heterocycles. The van der Waals surface area contributed by atoms with Gasteiger partial charge in [0.25, 0.3) is 0 Å². The number of fused-ring (bicyclic) bond motifs is 2. The monoisotopic (exact) mass is 725 g/mol. The molecule has 2 aliphatic rings. The molecule has 244 valence electrons. The third kappa shape index (κ3) is 17.9. The van der Waals surface area contributed by atoms with Crippen molar-refractivity contribution in [3.8, 4) is 0 Å². The van der Waals surface area contributed by atoms with Crippen molar-refractivity contribution in [3.05, 3.63) is 142 Å². The van der Waals surface area contributed by atoms with Gasteiger partial charge in [0.1, 0.15) is 0 Å². The Balaban J connectivity index is 0. The van der Waals surface area contributed by atoms with E-state index in [0.717, 1.165) is 23.7 Å². The molecule has 4 aromatic carbocycles. The van der Waals surface area contributed by atoms with Gasteiger partial charge in [0, 0.05) is 23.7 Å². The molecule has 4 aromatic rings. The van der Waals surface area contributed by atoms with Crippen LogP contribution in [0.25, 0.3) is 0 Å². The van der Waals surface area contributed by atoms with Crippen LogP contribution < -0.4 is 5.32 Å². The largest absolute Gasteiger partial charge is 0.309 e. The first-order valence-electron chi connectivity index (χ1n) is 16.7. The highest BCUT2D eigenvalue weighted by Crippen LogP contribution is 2.20. The van der Waals surface area contributed by atoms with E-state index >= 15 is 0 Å². The van der Waals surface area contributed by atoms with Crippen molar-refractivity contribution < 1.29 is 0 Å². The topological polar surface area (TPSA) is 12.0 Å². The quantitative estimate of drug-likeness (QED) is 0.203. The minimum Gasteiger partial charge on any atom is -0.309 e. The lowest BCUT2D eigenvalue weighted by atomic mass is 10.1. The number of aryl methyl sites for hydroxylation is 4. The standard InChI is InChI=1S/C9H10.C8H8Br2.C8H9N.C8H10.4C2H6/c1-2-5-9-7-3-6-8(9)4-1;9-5-7-3-1-2-4-8(7)6-10;1-2-4-8-6-9-5-7(8)3-1;1-7-5-3-4-6-8(7)2;4*1-2/h1-2,4-5H,3,6-7H2;1-4H,5-6H2;1-4,9H,5-6H2;3-6H,1-2H3;4*1-2H3. The lowest BCUT2D eigenvalue weighted by molar-refractivity contribution is 0.765. The van der Waals surface area contributed by atoms with Gasteiger partial charge in [0.2, 0.25) is 0 Å². The Morgan fingerprint density at radius 3 is 1.07 bits per heavy atom. The molecule has 0 amide bonds. The minimum atomic E-state index is 0.939. The molecule has 6 rings (SSSR count). The van der Waals surface area contributed by atoms with Crippen LogP contribution >= 0.6 is 31.9 Å². The van der Waals surface area contributed by atoms with Crippen molar-refractivity contribution in [3.63, 3.8) is 0 Å². The van der Waals surface area contributed by atoms with E-state index < -0.39 is 0 Å². The molecule has 0 saturated carbocycles. The molecule has 1 nitrogen and oxygen atoms in total. The number of alkyl halides is 2. The molecule has 1 aliphatic carbocycles. The van der Waals surface area contributed by atoms with Crippen LogP contribution in [-0.2, 0) is 36.6 Å². The molecule has 0 spiro atoms. The van der Waals surface area contributed by atoms with E-state index in [0.29, 0.717) is 0 Å². The molecular formula is C41H61Br2N. The van der Waals surface area contributed by atoms with Gasteiger partial charge in [0.05, 0.1) is 0 Å². The van der Waals surface area contributed by atoms with Crippen molar-refractivity contribution >= 4 is 31.9 Å². The van der Waals surface area contributed by atoms with E-state index in [1.165, 1.54) is 52.6 Å². The zero-order valence-corrected chi connectivity index (χ0v) is 32.6. The average molecular weight is 728 g/mol. The number of benzene rings is 4. The Bertz CT molecular complexity index is 1060. The first-order chi connectivity index (χ1) is 21.6. The maximum absolute atomic E-state index is 3.43. The van der Waals surface area contributed by atoms with Crippen molar-refractivity contribution in [1.82, 2.24) is 5.32 Å². The molecular weight excluding hydrogens is 666 g/mol. The Morgan fingerprint density at radius 1 is 0.455 bits per heavy atom. The van der Waals surface area contributed by atoms with Gasteiger partial charge in [-0.2, -0.15) is 0 Å². The van der Waals surface area contributed by atoms with Crippen LogP contribution in [0, 0.1) is 13.8 Å². The van der Waals surface area contributed by atoms with Crippen molar-refractivity contribution in [2.24, 2.45) is 0 Å². The van der Waals surface area contributed by atoms with Gasteiger partial charge in [0.15, 0.2) is 0 Å². The zero-order chi connectivity index (χ0) is 33.6. The van der Waals surface area contributed by atoms with Crippen LogP contribution in [0.3, 0.4) is 0 Å². The van der Waals surface area contributed by atoms with Gasteiger partial charge < -0.3 is 5.32 Å². The Labute approximate surface area is 289 Å². The second kappa shape index (κ2) is 30.8. The fraction of sp³-hybridized carbons (Fsp3) is 0.415. The maximum atomic E-state index is 3.43. The van der Waals surface area contributed by atoms with Gasteiger partial charge >= 0.3 is 0 Å². The summed E-state index contributed by atoms with van der Waals surface area (Å²) < 4.78 is 0. The van der Waals surface area contributed by atoms with Crippen molar-refractivity contribution in [2.45, 2.75) is 112 Å². The highest BCUT2D eigenvalue weighted by Gasteiger charge is 2.07. The van der Waals surface area contributed by atoms with E-state index in [-0.39, 0.29) is 0 Å². The molecule has 1 heterocycles. The van der Waals surface area contributed by atoms with Crippen LogP contribution in [-0.4, -0.2) is 0 Å². The third-order valence-corrected chi connectivity index (χ3v) is 7.80. The summed E-state index contributed by atoms with van der Waals surface area (Å²) in [6, 6.07) is 34.0. The second-order valence-corrected chi connectivity index (χ2v) is 10.2. The summed E-state index contributed by atoms with van der Waals surface area (Å²) in [4.78, 5) is 0. The predicted molar refractivity (Wildman–Crippen MR) is 208 cm³/mol. The maximum Gasteiger partial charge on any atom is 0.0286 e. The van der Waals surface area contributed by atoms with E-state index in [1.807, 2.05) is 55.4 Å². The van der Waals surface area contributed by atoms with E-state index in [2.05, 4.69) is 148 Å². The van der Waals surface area contributed by atoms with Crippen LogP contribution in [0.2, 0.25) is 0 Å². The molecule has 1 N–H and O–H groups in total. The lowest BCUT2D eigenvalue weighted by Gasteiger charge is -2.00. The Hall–Kier alpha value is -2.20. The highest BCUT2D eigenvalue weighted by molar-refractivity contribution is 9.09. The summed E-state index contributed by atoms with van der Waals surface area (Å²) >= 11 is 6.86. The molecule has 0 atom stereocenters. The van der Waals surface area contributed by atoms with E-state index in [9.17, 15) is 0 Å². The number of nitrogens with one attached hydrogen (secondary N) is 1. The molecule has 44 heavy (non-hydrogen) atoms. The number of hydrogen-bond donors (Lipinski definition) is 1. The Morgan fingerprint density at radius 2 is 0.750 bits per heavy atom. The van der Waals surface area contributed by atoms with Crippen molar-refractivity contribution in [1.29, 1.82) is 0 Å². The number of rotatable bonds is 2. The summed E-state index contributed by atoms with van der Waals surface area (Å²) in [6.45, 7) is 22.3. The Kier molecular flexibility index (Phi) is 30.8. The molecule has 1 aliphatic heterocycles. The lowest BCUT2D eigenvalue weighted by Crippen LogP contribution is -1.99. The molecule has 0 aromatic heterocycles. The smallest absolute Gasteiger partial charge is 0.0286 e. The first-order valence-corrected chi connectivity index (χ1v) is 18.9. The average Bonchev–Trinajstić information content (AvgIpc) is 3.81. The van der Waals surface area contributed by atoms with Gasteiger partial charge in [-0.25, -0.2) is 0 Å². The molecule has 0 unspecified atom stereocenters. The summed E-state index contributed by atoms with van der Waals surface area (Å²) in [5, 5.41) is 5.17. The normalized spacial score (nSPS) is 10.8. The molecule has 0 bridgehead atoms. The summed E-state index contributed by atoms with van der Waals surface area (Å²) in [7, 11) is 0. The molecule has 3 heteroatoms. The van der Waals surface area contributed by atoms with Gasteiger partial charge in [-0.15, -0.1) is 0 Å². The van der Waals surface area contributed by atoms with Crippen LogP contribution in [0.5, 0.6) is 0 Å². The summed E-state index contributed by atoms with van der Waals surface area (Å²) in [6.07, 6.45) is 3.96. The molecule has 0 radical (unpaired) electrons. The van der Waals surface area contributed by atoms with Gasteiger partial charge in [-0.05, 0) is 77.6 Å². The fourth-order valence-electron chi connectivity index (χ4n) is 4.23. The summed E-state index contributed by atoms with van der Waals surface area (Å²) in [5.41, 5.74) is 11.5. The van der Waals surface area contributed by atoms with E-state index in [4.69, 9.17) is 0 Å². The van der Waals surface area contributed by atoms with Crippen molar-refractivity contribution in [2.75, 3.05) is 0 Å². The number of halogens is 2. The van der Waals surface area contributed by atoms with Gasteiger partial charge in [-0.3, -0.25) is 0 Å². The van der Waals surface area contributed by atoms with Gasteiger partial charge in [-0.1, -0.05) is 184 Å². The molecule has 0 fully saturated rings. The predicted octanol–water partition coefficient (Wildman–Crippen LogP) is 13.3. The van der Waals surface area contributed by atoms with E-state index in [1.54, 1.807) is 11.1 Å².